The summed E-state index contributed by atoms with van der Waals surface area (Å²) in [7, 11) is 0. The molecule has 0 bridgehead atoms. The molecule has 0 atom stereocenters. The first kappa shape index (κ1) is 17.3. The number of aromatic nitrogens is 1. The minimum atomic E-state index is -0.204. The highest BCUT2D eigenvalue weighted by Crippen LogP contribution is 2.28. The second-order valence-electron chi connectivity index (χ2n) is 6.98. The Bertz CT molecular complexity index is 957. The molecule has 0 saturated carbocycles. The second kappa shape index (κ2) is 7.27. The van der Waals surface area contributed by atoms with Crippen molar-refractivity contribution in [1.29, 1.82) is 0 Å². The molecule has 27 heavy (non-hydrogen) atoms. The van der Waals surface area contributed by atoms with Gasteiger partial charge in [-0.3, -0.25) is 4.79 Å². The summed E-state index contributed by atoms with van der Waals surface area (Å²) < 4.78 is 5.31. The second-order valence-corrected chi connectivity index (χ2v) is 6.98. The molecule has 1 aromatic heterocycles. The first-order chi connectivity index (χ1) is 13.1. The molecule has 4 rings (SSSR count). The number of nitrogens with one attached hydrogen (secondary N) is 1. The van der Waals surface area contributed by atoms with Crippen molar-refractivity contribution < 1.29 is 9.32 Å². The molecular weight excluding hydrogens is 338 g/mol. The number of carbonyl (C=O) groups is 1. The zero-order valence-corrected chi connectivity index (χ0v) is 15.7. The summed E-state index contributed by atoms with van der Waals surface area (Å²) in [5.74, 6) is 0.308. The largest absolute Gasteiger partial charge is 0.372 e. The van der Waals surface area contributed by atoms with Gasteiger partial charge in [0, 0.05) is 30.0 Å². The van der Waals surface area contributed by atoms with Gasteiger partial charge in [-0.05, 0) is 50.5 Å². The number of hydrogen-bond donors (Lipinski definition) is 1. The molecule has 0 unspecified atom stereocenters. The number of anilines is 2. The highest BCUT2D eigenvalue weighted by Gasteiger charge is 2.22. The highest BCUT2D eigenvalue weighted by molar-refractivity contribution is 6.09. The first-order valence-electron chi connectivity index (χ1n) is 9.32. The minimum Gasteiger partial charge on any atom is -0.372 e. The zero-order chi connectivity index (χ0) is 18.8. The highest BCUT2D eigenvalue weighted by atomic mass is 16.5. The van der Waals surface area contributed by atoms with Gasteiger partial charge in [-0.25, -0.2) is 0 Å². The number of nitrogens with zero attached hydrogens (tertiary/aromatic N) is 2. The molecule has 1 aliphatic rings. The first-order valence-corrected chi connectivity index (χ1v) is 9.32. The van der Waals surface area contributed by atoms with Crippen LogP contribution in [0.1, 0.15) is 34.5 Å². The van der Waals surface area contributed by atoms with Gasteiger partial charge in [0.2, 0.25) is 0 Å². The summed E-state index contributed by atoms with van der Waals surface area (Å²) in [6, 6.07) is 15.8. The maximum Gasteiger partial charge on any atom is 0.261 e. The molecular formula is C22H23N3O2. The van der Waals surface area contributed by atoms with Crippen LogP contribution < -0.4 is 10.2 Å². The third kappa shape index (κ3) is 3.45. The summed E-state index contributed by atoms with van der Waals surface area (Å²) >= 11 is 0. The SMILES string of the molecule is Cc1cc(N2CCCC2)ccc1NC(=O)c1c(-c2ccccc2)noc1C. The topological polar surface area (TPSA) is 58.4 Å². The van der Waals surface area contributed by atoms with Gasteiger partial charge in [0.25, 0.3) is 5.91 Å². The summed E-state index contributed by atoms with van der Waals surface area (Å²) in [6.07, 6.45) is 2.49. The standard InChI is InChI=1S/C22H23N3O2/c1-15-14-18(25-12-6-7-13-25)10-11-19(15)23-22(26)20-16(2)27-24-21(20)17-8-4-3-5-9-17/h3-5,8-11,14H,6-7,12-13H2,1-2H3,(H,23,26). The van der Waals surface area contributed by atoms with Crippen molar-refractivity contribution in [2.75, 3.05) is 23.3 Å². The number of aryl methyl sites for hydroxylation is 2. The lowest BCUT2D eigenvalue weighted by molar-refractivity contribution is 0.102. The molecule has 1 saturated heterocycles. The van der Waals surface area contributed by atoms with Crippen LogP contribution in [0.5, 0.6) is 0 Å². The quantitative estimate of drug-likeness (QED) is 0.724. The van der Waals surface area contributed by atoms with Crippen LogP contribution in [0, 0.1) is 13.8 Å². The average Bonchev–Trinajstić information content (AvgIpc) is 3.34. The van der Waals surface area contributed by atoms with Crippen LogP contribution in [0.25, 0.3) is 11.3 Å². The van der Waals surface area contributed by atoms with Crippen molar-refractivity contribution in [3.8, 4) is 11.3 Å². The van der Waals surface area contributed by atoms with E-state index in [0.717, 1.165) is 29.9 Å². The van der Waals surface area contributed by atoms with E-state index in [1.165, 1.54) is 18.5 Å². The lowest BCUT2D eigenvalue weighted by Gasteiger charge is -2.19. The lowest BCUT2D eigenvalue weighted by Crippen LogP contribution is -2.18. The normalized spacial score (nSPS) is 13.8. The Morgan fingerprint density at radius 1 is 1.07 bits per heavy atom. The van der Waals surface area contributed by atoms with Crippen molar-refractivity contribution in [3.63, 3.8) is 0 Å². The summed E-state index contributed by atoms with van der Waals surface area (Å²) in [5, 5.41) is 7.12. The van der Waals surface area contributed by atoms with E-state index in [0.29, 0.717) is 17.0 Å². The summed E-state index contributed by atoms with van der Waals surface area (Å²) in [6.45, 7) is 5.99. The monoisotopic (exact) mass is 361 g/mol. The van der Waals surface area contributed by atoms with Crippen molar-refractivity contribution in [1.82, 2.24) is 5.16 Å². The van der Waals surface area contributed by atoms with Crippen molar-refractivity contribution >= 4 is 17.3 Å². The van der Waals surface area contributed by atoms with Crippen LogP contribution in [-0.4, -0.2) is 24.2 Å². The van der Waals surface area contributed by atoms with Gasteiger partial charge in [-0.2, -0.15) is 0 Å². The Hall–Kier alpha value is -3.08. The Kier molecular flexibility index (Phi) is 4.67. The van der Waals surface area contributed by atoms with E-state index in [2.05, 4.69) is 27.5 Å². The molecule has 1 N–H and O–H groups in total. The molecule has 0 spiro atoms. The fourth-order valence-corrected chi connectivity index (χ4v) is 3.58. The predicted octanol–water partition coefficient (Wildman–Crippen LogP) is 4.81. The van der Waals surface area contributed by atoms with E-state index >= 15 is 0 Å². The van der Waals surface area contributed by atoms with E-state index in [1.54, 1.807) is 6.92 Å². The van der Waals surface area contributed by atoms with E-state index in [9.17, 15) is 4.79 Å². The molecule has 5 nitrogen and oxygen atoms in total. The summed E-state index contributed by atoms with van der Waals surface area (Å²) in [5.41, 5.74) is 4.97. The van der Waals surface area contributed by atoms with Gasteiger partial charge < -0.3 is 14.7 Å². The van der Waals surface area contributed by atoms with E-state index in [1.807, 2.05) is 43.3 Å². The molecule has 1 amide bonds. The van der Waals surface area contributed by atoms with Crippen molar-refractivity contribution in [2.45, 2.75) is 26.7 Å². The average molecular weight is 361 g/mol. The Balaban J connectivity index is 1.59. The third-order valence-electron chi connectivity index (χ3n) is 5.07. The molecule has 3 aromatic rings. The number of amides is 1. The van der Waals surface area contributed by atoms with Crippen LogP contribution >= 0.6 is 0 Å². The van der Waals surface area contributed by atoms with E-state index < -0.39 is 0 Å². The molecule has 5 heteroatoms. The minimum absolute atomic E-state index is 0.204. The number of hydrogen-bond acceptors (Lipinski definition) is 4. The van der Waals surface area contributed by atoms with Gasteiger partial charge in [0.15, 0.2) is 0 Å². The van der Waals surface area contributed by atoms with Gasteiger partial charge in [-0.1, -0.05) is 35.5 Å². The maximum atomic E-state index is 13.0. The van der Waals surface area contributed by atoms with Crippen LogP contribution in [-0.2, 0) is 0 Å². The third-order valence-corrected chi connectivity index (χ3v) is 5.07. The van der Waals surface area contributed by atoms with E-state index in [4.69, 9.17) is 4.52 Å². The van der Waals surface area contributed by atoms with Crippen LogP contribution in [0.15, 0.2) is 53.1 Å². The maximum absolute atomic E-state index is 13.0. The van der Waals surface area contributed by atoms with Gasteiger partial charge >= 0.3 is 0 Å². The fraction of sp³-hybridized carbons (Fsp3) is 0.273. The predicted molar refractivity (Wildman–Crippen MR) is 107 cm³/mol. The fourth-order valence-electron chi connectivity index (χ4n) is 3.58. The molecule has 1 fully saturated rings. The molecule has 2 aromatic carbocycles. The molecule has 1 aliphatic heterocycles. The Morgan fingerprint density at radius 2 is 1.81 bits per heavy atom. The molecule has 0 radical (unpaired) electrons. The zero-order valence-electron chi connectivity index (χ0n) is 15.7. The Labute approximate surface area is 159 Å². The van der Waals surface area contributed by atoms with Gasteiger partial charge in [0.1, 0.15) is 17.0 Å². The van der Waals surface area contributed by atoms with Crippen LogP contribution in [0.4, 0.5) is 11.4 Å². The summed E-state index contributed by atoms with van der Waals surface area (Å²) in [4.78, 5) is 15.3. The van der Waals surface area contributed by atoms with Crippen LogP contribution in [0.2, 0.25) is 0 Å². The Morgan fingerprint density at radius 3 is 2.52 bits per heavy atom. The van der Waals surface area contributed by atoms with Crippen molar-refractivity contribution in [3.05, 3.63) is 65.4 Å². The molecule has 2 heterocycles. The van der Waals surface area contributed by atoms with E-state index in [-0.39, 0.29) is 5.91 Å². The number of carbonyl (C=O) groups excluding carboxylic acids is 1. The van der Waals surface area contributed by atoms with Gasteiger partial charge in [-0.15, -0.1) is 0 Å². The number of benzene rings is 2. The smallest absolute Gasteiger partial charge is 0.261 e. The molecule has 0 aliphatic carbocycles. The number of rotatable bonds is 4. The van der Waals surface area contributed by atoms with Crippen molar-refractivity contribution in [2.24, 2.45) is 0 Å². The lowest BCUT2D eigenvalue weighted by atomic mass is 10.1. The van der Waals surface area contributed by atoms with Gasteiger partial charge in [0.05, 0.1) is 0 Å². The van der Waals surface area contributed by atoms with Crippen LogP contribution in [0.3, 0.4) is 0 Å². The molecule has 138 valence electrons.